The quantitative estimate of drug-likeness (QED) is 0.866. The molecule has 1 aliphatic heterocycles. The maximum Gasteiger partial charge on any atom is 0.223 e. The Balaban J connectivity index is 1.61. The van der Waals surface area contributed by atoms with Gasteiger partial charge in [-0.15, -0.1) is 11.3 Å². The maximum atomic E-state index is 12.7. The van der Waals surface area contributed by atoms with E-state index in [2.05, 4.69) is 58.9 Å². The van der Waals surface area contributed by atoms with Crippen molar-refractivity contribution in [1.29, 1.82) is 0 Å². The number of hydrogen-bond acceptors (Lipinski definition) is 3. The lowest BCUT2D eigenvalue weighted by Gasteiger charge is -2.36. The van der Waals surface area contributed by atoms with Gasteiger partial charge in [0, 0.05) is 30.9 Å². The number of hydrogen-bond donors (Lipinski definition) is 1. The first-order valence-corrected chi connectivity index (χ1v) is 9.77. The molecule has 1 unspecified atom stereocenters. The Morgan fingerprint density at radius 2 is 2.12 bits per heavy atom. The van der Waals surface area contributed by atoms with E-state index in [9.17, 15) is 4.79 Å². The van der Waals surface area contributed by atoms with Crippen molar-refractivity contribution >= 4 is 17.2 Å². The molecule has 0 bridgehead atoms. The lowest BCUT2D eigenvalue weighted by Crippen LogP contribution is -2.48. The second kappa shape index (κ2) is 8.45. The van der Waals surface area contributed by atoms with E-state index >= 15 is 0 Å². The van der Waals surface area contributed by atoms with Crippen molar-refractivity contribution < 1.29 is 4.79 Å². The van der Waals surface area contributed by atoms with Crippen molar-refractivity contribution in [2.45, 2.75) is 38.6 Å². The first-order valence-electron chi connectivity index (χ1n) is 8.89. The second-order valence-electron chi connectivity index (χ2n) is 6.34. The van der Waals surface area contributed by atoms with Gasteiger partial charge in [-0.25, -0.2) is 0 Å². The summed E-state index contributed by atoms with van der Waals surface area (Å²) in [6.45, 7) is 4.71. The SMILES string of the molecule is CCc1ccc(C2CNCCN2C(=O)CCCc2cccs2)cc1. The predicted octanol–water partition coefficient (Wildman–Crippen LogP) is 3.81. The fourth-order valence-electron chi connectivity index (χ4n) is 3.29. The van der Waals surface area contributed by atoms with E-state index in [-0.39, 0.29) is 11.9 Å². The number of thiophene rings is 1. The highest BCUT2D eigenvalue weighted by molar-refractivity contribution is 7.09. The molecule has 4 heteroatoms. The fourth-order valence-corrected chi connectivity index (χ4v) is 4.04. The third kappa shape index (κ3) is 4.25. The summed E-state index contributed by atoms with van der Waals surface area (Å²) in [6, 6.07) is 13.1. The summed E-state index contributed by atoms with van der Waals surface area (Å²) < 4.78 is 0. The molecular formula is C20H26N2OS. The molecule has 1 N–H and O–H groups in total. The van der Waals surface area contributed by atoms with Crippen LogP contribution in [-0.2, 0) is 17.6 Å². The van der Waals surface area contributed by atoms with Crippen LogP contribution in [-0.4, -0.2) is 30.4 Å². The highest BCUT2D eigenvalue weighted by atomic mass is 32.1. The highest BCUT2D eigenvalue weighted by Crippen LogP contribution is 2.24. The van der Waals surface area contributed by atoms with Gasteiger partial charge in [-0.3, -0.25) is 4.79 Å². The smallest absolute Gasteiger partial charge is 0.223 e. The number of amides is 1. The summed E-state index contributed by atoms with van der Waals surface area (Å²) in [5.41, 5.74) is 2.59. The van der Waals surface area contributed by atoms with Gasteiger partial charge in [0.1, 0.15) is 0 Å². The molecule has 2 aromatic rings. The van der Waals surface area contributed by atoms with Gasteiger partial charge in [-0.1, -0.05) is 37.3 Å². The van der Waals surface area contributed by atoms with Crippen molar-refractivity contribution in [1.82, 2.24) is 10.2 Å². The second-order valence-corrected chi connectivity index (χ2v) is 7.37. The molecule has 24 heavy (non-hydrogen) atoms. The Morgan fingerprint density at radius 3 is 2.83 bits per heavy atom. The summed E-state index contributed by atoms with van der Waals surface area (Å²) >= 11 is 1.78. The van der Waals surface area contributed by atoms with Crippen molar-refractivity contribution in [2.24, 2.45) is 0 Å². The van der Waals surface area contributed by atoms with Crippen LogP contribution in [0.3, 0.4) is 0 Å². The van der Waals surface area contributed by atoms with Crippen LogP contribution in [0, 0.1) is 0 Å². The topological polar surface area (TPSA) is 32.3 Å². The fraction of sp³-hybridized carbons (Fsp3) is 0.450. The van der Waals surface area contributed by atoms with Crippen molar-refractivity contribution in [2.75, 3.05) is 19.6 Å². The molecule has 1 aromatic carbocycles. The van der Waals surface area contributed by atoms with Gasteiger partial charge in [-0.2, -0.15) is 0 Å². The number of carbonyl (C=O) groups is 1. The Hall–Kier alpha value is -1.65. The molecule has 1 aromatic heterocycles. The molecule has 0 spiro atoms. The van der Waals surface area contributed by atoms with Gasteiger partial charge < -0.3 is 10.2 Å². The van der Waals surface area contributed by atoms with Crippen LogP contribution < -0.4 is 5.32 Å². The van der Waals surface area contributed by atoms with E-state index in [4.69, 9.17) is 0 Å². The molecule has 2 heterocycles. The first-order chi connectivity index (χ1) is 11.8. The molecule has 0 saturated carbocycles. The number of benzene rings is 1. The lowest BCUT2D eigenvalue weighted by molar-refractivity contribution is -0.134. The van der Waals surface area contributed by atoms with Gasteiger partial charge in [0.05, 0.1) is 6.04 Å². The Morgan fingerprint density at radius 1 is 1.29 bits per heavy atom. The monoisotopic (exact) mass is 342 g/mol. The molecule has 0 aliphatic carbocycles. The molecule has 1 amide bonds. The van der Waals surface area contributed by atoms with Crippen LogP contribution in [0.25, 0.3) is 0 Å². The van der Waals surface area contributed by atoms with E-state index < -0.39 is 0 Å². The molecule has 1 fully saturated rings. The maximum absolute atomic E-state index is 12.7. The van der Waals surface area contributed by atoms with E-state index in [0.29, 0.717) is 6.42 Å². The lowest BCUT2D eigenvalue weighted by atomic mass is 10.00. The van der Waals surface area contributed by atoms with Crippen molar-refractivity contribution in [3.05, 3.63) is 57.8 Å². The van der Waals surface area contributed by atoms with Crippen LogP contribution in [0.15, 0.2) is 41.8 Å². The van der Waals surface area contributed by atoms with Crippen molar-refractivity contribution in [3.8, 4) is 0 Å². The van der Waals surface area contributed by atoms with Crippen LogP contribution >= 0.6 is 11.3 Å². The Labute approximate surface area is 148 Å². The molecule has 128 valence electrons. The molecule has 1 saturated heterocycles. The minimum atomic E-state index is 0.166. The minimum absolute atomic E-state index is 0.166. The van der Waals surface area contributed by atoms with E-state index in [1.807, 2.05) is 0 Å². The van der Waals surface area contributed by atoms with E-state index in [0.717, 1.165) is 38.9 Å². The zero-order valence-electron chi connectivity index (χ0n) is 14.3. The summed E-state index contributed by atoms with van der Waals surface area (Å²) in [4.78, 5) is 16.2. The molecule has 3 rings (SSSR count). The number of piperazine rings is 1. The van der Waals surface area contributed by atoms with Gasteiger partial charge in [0.15, 0.2) is 0 Å². The average Bonchev–Trinajstić information content (AvgIpc) is 3.15. The van der Waals surface area contributed by atoms with E-state index in [1.165, 1.54) is 16.0 Å². The Bertz CT molecular complexity index is 636. The van der Waals surface area contributed by atoms with Crippen LogP contribution in [0.5, 0.6) is 0 Å². The zero-order chi connectivity index (χ0) is 16.8. The van der Waals surface area contributed by atoms with Gasteiger partial charge in [0.2, 0.25) is 5.91 Å². The number of nitrogens with zero attached hydrogens (tertiary/aromatic N) is 1. The largest absolute Gasteiger partial charge is 0.333 e. The third-order valence-electron chi connectivity index (χ3n) is 4.73. The average molecular weight is 343 g/mol. The number of carbonyl (C=O) groups excluding carboxylic acids is 1. The van der Waals surface area contributed by atoms with Crippen LogP contribution in [0.4, 0.5) is 0 Å². The normalized spacial score (nSPS) is 17.9. The van der Waals surface area contributed by atoms with Gasteiger partial charge in [0.25, 0.3) is 0 Å². The predicted molar refractivity (Wildman–Crippen MR) is 100 cm³/mol. The number of rotatable bonds is 6. The third-order valence-corrected chi connectivity index (χ3v) is 5.67. The van der Waals surface area contributed by atoms with Crippen LogP contribution in [0.2, 0.25) is 0 Å². The summed E-state index contributed by atoms with van der Waals surface area (Å²) in [7, 11) is 0. The molecule has 0 radical (unpaired) electrons. The van der Waals surface area contributed by atoms with Crippen LogP contribution in [0.1, 0.15) is 41.8 Å². The number of nitrogens with one attached hydrogen (secondary N) is 1. The highest BCUT2D eigenvalue weighted by Gasteiger charge is 2.27. The summed E-state index contributed by atoms with van der Waals surface area (Å²) in [5.74, 6) is 0.289. The van der Waals surface area contributed by atoms with Gasteiger partial charge in [-0.05, 0) is 41.8 Å². The number of aryl methyl sites for hydroxylation is 2. The Kier molecular flexibility index (Phi) is 6.05. The van der Waals surface area contributed by atoms with Gasteiger partial charge >= 0.3 is 0 Å². The standard InChI is InChI=1S/C20H26N2OS/c1-2-16-8-10-17(11-9-16)19-15-21-12-13-22(19)20(23)7-3-5-18-6-4-14-24-18/h4,6,8-11,14,19,21H,2-3,5,7,12-13,15H2,1H3. The zero-order valence-corrected chi connectivity index (χ0v) is 15.1. The van der Waals surface area contributed by atoms with Crippen molar-refractivity contribution in [3.63, 3.8) is 0 Å². The molecular weight excluding hydrogens is 316 g/mol. The molecule has 1 aliphatic rings. The molecule has 3 nitrogen and oxygen atoms in total. The summed E-state index contributed by atoms with van der Waals surface area (Å²) in [5, 5.41) is 5.53. The summed E-state index contributed by atoms with van der Waals surface area (Å²) in [6.07, 6.45) is 3.63. The van der Waals surface area contributed by atoms with E-state index in [1.54, 1.807) is 11.3 Å². The molecule has 1 atom stereocenters. The minimum Gasteiger partial charge on any atom is -0.333 e. The first kappa shape index (κ1) is 17.2.